The van der Waals surface area contributed by atoms with E-state index in [-0.39, 0.29) is 16.3 Å². The van der Waals surface area contributed by atoms with Gasteiger partial charge in [0.25, 0.3) is 0 Å². The Morgan fingerprint density at radius 2 is 2.21 bits per heavy atom. The van der Waals surface area contributed by atoms with Crippen LogP contribution in [0.3, 0.4) is 0 Å². The topological polar surface area (TPSA) is 80.4 Å². The van der Waals surface area contributed by atoms with Gasteiger partial charge in [0.2, 0.25) is 11.6 Å². The molecule has 5 nitrogen and oxygen atoms in total. The van der Waals surface area contributed by atoms with Gasteiger partial charge in [-0.05, 0) is 22.0 Å². The Morgan fingerprint density at radius 1 is 1.64 bits per heavy atom. The second-order valence-electron chi connectivity index (χ2n) is 2.33. The number of aldehydes is 1. The summed E-state index contributed by atoms with van der Waals surface area (Å²) in [5.74, 6) is -2.18. The highest BCUT2D eigenvalue weighted by Gasteiger charge is 2.26. The van der Waals surface area contributed by atoms with Crippen LogP contribution in [0.1, 0.15) is 10.4 Å². The number of nitro groups is 1. The summed E-state index contributed by atoms with van der Waals surface area (Å²) in [5.41, 5.74) is -1.45. The number of hydrogen-bond acceptors (Lipinski definition) is 4. The number of nitro benzene ring substituents is 1. The zero-order chi connectivity index (χ0) is 10.9. The molecule has 1 rings (SSSR count). The molecule has 14 heavy (non-hydrogen) atoms. The minimum absolute atomic E-state index is 0.201. The summed E-state index contributed by atoms with van der Waals surface area (Å²) in [6, 6.07) is 0.963. The number of phenols is 1. The van der Waals surface area contributed by atoms with Crippen molar-refractivity contribution in [2.24, 2.45) is 0 Å². The third kappa shape index (κ3) is 1.58. The van der Waals surface area contributed by atoms with Crippen LogP contribution in [0.4, 0.5) is 10.1 Å². The number of carbonyl (C=O) groups is 1. The highest BCUT2D eigenvalue weighted by molar-refractivity contribution is 9.10. The maximum absolute atomic E-state index is 13.1. The highest BCUT2D eigenvalue weighted by Crippen LogP contribution is 2.36. The van der Waals surface area contributed by atoms with Gasteiger partial charge >= 0.3 is 5.69 Å². The lowest BCUT2D eigenvalue weighted by Gasteiger charge is -2.01. The molecule has 1 N–H and O–H groups in total. The summed E-state index contributed by atoms with van der Waals surface area (Å²) >= 11 is 2.69. The van der Waals surface area contributed by atoms with E-state index in [9.17, 15) is 19.3 Å². The summed E-state index contributed by atoms with van der Waals surface area (Å²) in [6.45, 7) is 0. The molecule has 1 aromatic rings. The smallest absolute Gasteiger partial charge is 0.347 e. The zero-order valence-corrected chi connectivity index (χ0v) is 8.12. The fourth-order valence-electron chi connectivity index (χ4n) is 0.878. The average Bonchev–Trinajstić information content (AvgIpc) is 2.11. The molecule has 0 heterocycles. The van der Waals surface area contributed by atoms with Gasteiger partial charge in [-0.15, -0.1) is 0 Å². The number of phenolic OH excluding ortho intramolecular Hbond substituents is 1. The number of hydrogen-bond donors (Lipinski definition) is 1. The molecule has 0 aliphatic heterocycles. The zero-order valence-electron chi connectivity index (χ0n) is 6.53. The van der Waals surface area contributed by atoms with Gasteiger partial charge in [-0.2, -0.15) is 4.39 Å². The maximum Gasteiger partial charge on any atom is 0.347 e. The summed E-state index contributed by atoms with van der Waals surface area (Å²) in [4.78, 5) is 19.6. The Bertz CT molecular complexity index is 421. The van der Waals surface area contributed by atoms with E-state index >= 15 is 0 Å². The molecule has 1 aromatic carbocycles. The third-order valence-corrected chi connectivity index (χ3v) is 2.08. The van der Waals surface area contributed by atoms with E-state index in [0.29, 0.717) is 0 Å². The van der Waals surface area contributed by atoms with Crippen LogP contribution in [-0.2, 0) is 0 Å². The maximum atomic E-state index is 13.1. The van der Waals surface area contributed by atoms with Crippen molar-refractivity contribution in [3.63, 3.8) is 0 Å². The second-order valence-corrected chi connectivity index (χ2v) is 3.19. The fraction of sp³-hybridized carbons (Fsp3) is 0. The molecule has 0 aliphatic carbocycles. The van der Waals surface area contributed by atoms with E-state index in [4.69, 9.17) is 5.11 Å². The molecule has 74 valence electrons. The molecule has 0 spiro atoms. The van der Waals surface area contributed by atoms with E-state index in [1.807, 2.05) is 0 Å². The van der Waals surface area contributed by atoms with Crippen molar-refractivity contribution in [2.45, 2.75) is 0 Å². The van der Waals surface area contributed by atoms with Crippen molar-refractivity contribution in [3.05, 3.63) is 32.0 Å². The van der Waals surface area contributed by atoms with Gasteiger partial charge in [-0.25, -0.2) is 0 Å². The van der Waals surface area contributed by atoms with Crippen molar-refractivity contribution in [1.82, 2.24) is 0 Å². The Labute approximate surface area is 85.4 Å². The second kappa shape index (κ2) is 3.70. The van der Waals surface area contributed by atoms with Gasteiger partial charge in [-0.3, -0.25) is 14.9 Å². The molecular weight excluding hydrogens is 261 g/mol. The minimum atomic E-state index is -1.21. The molecule has 0 atom stereocenters. The highest BCUT2D eigenvalue weighted by atomic mass is 79.9. The Kier molecular flexibility index (Phi) is 2.80. The summed E-state index contributed by atoms with van der Waals surface area (Å²) in [6.07, 6.45) is 0.201. The summed E-state index contributed by atoms with van der Waals surface area (Å²) in [7, 11) is 0. The SMILES string of the molecule is O=Cc1cc(Br)c(F)c([N+](=O)[O-])c1O. The van der Waals surface area contributed by atoms with Crippen molar-refractivity contribution in [1.29, 1.82) is 0 Å². The van der Waals surface area contributed by atoms with E-state index in [2.05, 4.69) is 15.9 Å². The molecule has 0 unspecified atom stereocenters. The van der Waals surface area contributed by atoms with Crippen LogP contribution in [-0.4, -0.2) is 16.3 Å². The summed E-state index contributed by atoms with van der Waals surface area (Å²) in [5, 5.41) is 19.5. The first-order valence-electron chi connectivity index (χ1n) is 3.29. The number of benzene rings is 1. The molecule has 0 fully saturated rings. The molecule has 7 heteroatoms. The number of rotatable bonds is 2. The first-order valence-corrected chi connectivity index (χ1v) is 4.09. The lowest BCUT2D eigenvalue weighted by molar-refractivity contribution is -0.388. The molecule has 0 radical (unpaired) electrons. The average molecular weight is 264 g/mol. The molecule has 0 saturated heterocycles. The van der Waals surface area contributed by atoms with Crippen LogP contribution in [0, 0.1) is 15.9 Å². The van der Waals surface area contributed by atoms with Crippen LogP contribution in [0.5, 0.6) is 5.75 Å². The first kappa shape index (κ1) is 10.6. The summed E-state index contributed by atoms with van der Waals surface area (Å²) < 4.78 is 12.8. The van der Waals surface area contributed by atoms with Crippen LogP contribution < -0.4 is 0 Å². The third-order valence-electron chi connectivity index (χ3n) is 1.51. The van der Waals surface area contributed by atoms with E-state index in [1.165, 1.54) is 0 Å². The molecule has 0 bridgehead atoms. The largest absolute Gasteiger partial charge is 0.502 e. The van der Waals surface area contributed by atoms with Crippen molar-refractivity contribution in [2.75, 3.05) is 0 Å². The Morgan fingerprint density at radius 3 is 2.64 bits per heavy atom. The lowest BCUT2D eigenvalue weighted by atomic mass is 10.2. The predicted octanol–water partition coefficient (Wildman–Crippen LogP) is 2.01. The van der Waals surface area contributed by atoms with Crippen LogP contribution in [0.2, 0.25) is 0 Å². The van der Waals surface area contributed by atoms with Gasteiger partial charge < -0.3 is 5.11 Å². The monoisotopic (exact) mass is 263 g/mol. The van der Waals surface area contributed by atoms with Gasteiger partial charge in [0.05, 0.1) is 15.0 Å². The van der Waals surface area contributed by atoms with Crippen molar-refractivity contribution in [3.8, 4) is 5.75 Å². The Balaban J connectivity index is 3.61. The number of nitrogens with zero attached hydrogens (tertiary/aromatic N) is 1. The van der Waals surface area contributed by atoms with E-state index in [1.54, 1.807) is 0 Å². The fourth-order valence-corrected chi connectivity index (χ4v) is 1.31. The van der Waals surface area contributed by atoms with Crippen molar-refractivity contribution < 1.29 is 19.2 Å². The van der Waals surface area contributed by atoms with E-state index < -0.39 is 22.2 Å². The van der Waals surface area contributed by atoms with Crippen LogP contribution >= 0.6 is 15.9 Å². The van der Waals surface area contributed by atoms with E-state index in [0.717, 1.165) is 6.07 Å². The minimum Gasteiger partial charge on any atom is -0.502 e. The van der Waals surface area contributed by atoms with Crippen LogP contribution in [0.25, 0.3) is 0 Å². The molecule has 0 aromatic heterocycles. The predicted molar refractivity (Wildman–Crippen MR) is 47.8 cm³/mol. The molecule has 0 amide bonds. The van der Waals surface area contributed by atoms with Gasteiger partial charge in [-0.1, -0.05) is 0 Å². The van der Waals surface area contributed by atoms with Gasteiger partial charge in [0.15, 0.2) is 6.29 Å². The van der Waals surface area contributed by atoms with Crippen LogP contribution in [0.15, 0.2) is 10.5 Å². The Hall–Kier alpha value is -1.50. The molecule has 0 saturated carbocycles. The lowest BCUT2D eigenvalue weighted by Crippen LogP contribution is -1.97. The normalized spacial score (nSPS) is 9.86. The van der Waals surface area contributed by atoms with Crippen molar-refractivity contribution >= 4 is 27.9 Å². The molecular formula is C7H3BrFNO4. The number of halogens is 2. The number of carbonyl (C=O) groups excluding carboxylic acids is 1. The first-order chi connectivity index (χ1) is 6.49. The van der Waals surface area contributed by atoms with Gasteiger partial charge in [0.1, 0.15) is 0 Å². The standard InChI is InChI=1S/C7H3BrFNO4/c8-4-1-3(2-11)7(12)6(5(4)9)10(13)14/h1-2,12H. The number of aromatic hydroxyl groups is 1. The van der Waals surface area contributed by atoms with Gasteiger partial charge in [0, 0.05) is 0 Å². The molecule has 0 aliphatic rings. The quantitative estimate of drug-likeness (QED) is 0.503.